The topological polar surface area (TPSA) is 13.7 Å². The van der Waals surface area contributed by atoms with Gasteiger partial charge in [-0.3, -0.25) is 4.90 Å². The van der Waals surface area contributed by atoms with E-state index < -0.39 is 0 Å². The minimum Gasteiger partial charge on any atom is -0.451 e. The number of benzene rings is 3. The van der Waals surface area contributed by atoms with Gasteiger partial charge in [0.15, 0.2) is 11.4 Å². The fourth-order valence-corrected chi connectivity index (χ4v) is 3.07. The Morgan fingerprint density at radius 1 is 0.682 bits per heavy atom. The molecule has 1 heterocycles. The van der Waals surface area contributed by atoms with E-state index in [9.17, 15) is 0 Å². The van der Waals surface area contributed by atoms with E-state index in [1.165, 1.54) is 21.8 Å². The third-order valence-electron chi connectivity index (χ3n) is 4.17. The van der Waals surface area contributed by atoms with Crippen LogP contribution in [-0.4, -0.2) is 6.54 Å². The molecule has 0 aliphatic carbocycles. The molecule has 1 aliphatic rings. The molecular weight excluding hydrogens is 270 g/mol. The molecule has 3 aromatic carbocycles. The first kappa shape index (κ1) is 13.1. The van der Waals surface area contributed by atoms with Gasteiger partial charge in [0, 0.05) is 18.1 Å². The number of rotatable bonds is 1. The maximum absolute atomic E-state index is 6.21. The summed E-state index contributed by atoms with van der Waals surface area (Å²) in [4.78, 5) is 1.35. The van der Waals surface area contributed by atoms with Gasteiger partial charge in [0.05, 0.1) is 6.54 Å². The molecule has 0 bridgehead atoms. The molecular formula is C20H18NO+. The highest BCUT2D eigenvalue weighted by Crippen LogP contribution is 2.31. The summed E-state index contributed by atoms with van der Waals surface area (Å²) < 4.78 is 6.21. The highest BCUT2D eigenvalue weighted by atomic mass is 16.5. The van der Waals surface area contributed by atoms with Gasteiger partial charge >= 0.3 is 0 Å². The summed E-state index contributed by atoms with van der Waals surface area (Å²) in [5, 5.41) is 0. The maximum atomic E-state index is 6.21. The van der Waals surface area contributed by atoms with Crippen LogP contribution in [0.15, 0.2) is 78.9 Å². The number of hydrogen-bond acceptors (Lipinski definition) is 1. The Bertz CT molecular complexity index is 782. The van der Waals surface area contributed by atoms with Gasteiger partial charge in [-0.15, -0.1) is 0 Å². The molecule has 0 radical (unpaired) electrons. The van der Waals surface area contributed by atoms with Crippen molar-refractivity contribution in [3.8, 4) is 11.5 Å². The van der Waals surface area contributed by atoms with Crippen molar-refractivity contribution in [2.45, 2.75) is 6.42 Å². The van der Waals surface area contributed by atoms with Crippen molar-refractivity contribution < 1.29 is 9.64 Å². The van der Waals surface area contributed by atoms with E-state index in [-0.39, 0.29) is 0 Å². The molecule has 0 spiro atoms. The molecule has 3 aromatic rings. The van der Waals surface area contributed by atoms with E-state index in [0.717, 1.165) is 24.5 Å². The Morgan fingerprint density at radius 3 is 2.23 bits per heavy atom. The lowest BCUT2D eigenvalue weighted by atomic mass is 10.1. The van der Waals surface area contributed by atoms with Gasteiger partial charge in [0.25, 0.3) is 0 Å². The van der Waals surface area contributed by atoms with Crippen molar-refractivity contribution in [1.29, 1.82) is 0 Å². The molecule has 0 saturated heterocycles. The van der Waals surface area contributed by atoms with E-state index in [1.54, 1.807) is 0 Å². The zero-order valence-corrected chi connectivity index (χ0v) is 12.3. The Balaban J connectivity index is 1.83. The van der Waals surface area contributed by atoms with Crippen LogP contribution in [-0.2, 0) is 6.42 Å². The lowest BCUT2D eigenvalue weighted by molar-refractivity contribution is -0.760. The summed E-state index contributed by atoms with van der Waals surface area (Å²) in [6, 6.07) is 27.3. The standard InChI is InChI=1S/C20H17NO/c1-2-9-17(10-3-1)21-15-14-16-8-4-6-12-19(16)22-20-13-7-5-11-18(20)21/h1-13H,14-15H2/p+1. The van der Waals surface area contributed by atoms with Crippen LogP contribution < -0.4 is 9.64 Å². The summed E-state index contributed by atoms with van der Waals surface area (Å²) in [6.45, 7) is 1.02. The average Bonchev–Trinajstić information content (AvgIpc) is 2.56. The van der Waals surface area contributed by atoms with E-state index in [2.05, 4.69) is 66.7 Å². The van der Waals surface area contributed by atoms with E-state index in [4.69, 9.17) is 4.74 Å². The summed E-state index contributed by atoms with van der Waals surface area (Å²) >= 11 is 0. The normalized spacial score (nSPS) is 16.6. The second kappa shape index (κ2) is 5.66. The predicted octanol–water partition coefficient (Wildman–Crippen LogP) is 3.88. The summed E-state index contributed by atoms with van der Waals surface area (Å²) in [5.41, 5.74) is 3.74. The van der Waals surface area contributed by atoms with E-state index in [1.807, 2.05) is 12.1 Å². The first-order chi connectivity index (χ1) is 10.9. The molecule has 0 amide bonds. The van der Waals surface area contributed by atoms with Crippen molar-refractivity contribution in [2.75, 3.05) is 6.54 Å². The third-order valence-corrected chi connectivity index (χ3v) is 4.17. The van der Waals surface area contributed by atoms with E-state index >= 15 is 0 Å². The maximum Gasteiger partial charge on any atom is 0.188 e. The molecule has 4 rings (SSSR count). The zero-order chi connectivity index (χ0) is 14.8. The molecule has 0 saturated carbocycles. The molecule has 108 valence electrons. The lowest BCUT2D eigenvalue weighted by Gasteiger charge is -2.24. The van der Waals surface area contributed by atoms with Crippen LogP contribution in [0.3, 0.4) is 0 Å². The van der Waals surface area contributed by atoms with Crippen LogP contribution in [0.5, 0.6) is 11.5 Å². The number of ether oxygens (including phenoxy) is 1. The Morgan fingerprint density at radius 2 is 1.36 bits per heavy atom. The van der Waals surface area contributed by atoms with Crippen molar-refractivity contribution in [2.24, 2.45) is 0 Å². The van der Waals surface area contributed by atoms with Crippen LogP contribution in [0.4, 0.5) is 11.4 Å². The first-order valence-electron chi connectivity index (χ1n) is 7.68. The minimum absolute atomic E-state index is 0.938. The summed E-state index contributed by atoms with van der Waals surface area (Å²) in [5.74, 6) is 1.91. The van der Waals surface area contributed by atoms with Crippen LogP contribution >= 0.6 is 0 Å². The van der Waals surface area contributed by atoms with Crippen LogP contribution in [0.2, 0.25) is 0 Å². The molecule has 1 aliphatic heterocycles. The number of para-hydroxylation sites is 4. The van der Waals surface area contributed by atoms with Gasteiger partial charge in [0.1, 0.15) is 11.4 Å². The molecule has 2 heteroatoms. The van der Waals surface area contributed by atoms with Gasteiger partial charge in [0.2, 0.25) is 0 Å². The third kappa shape index (κ3) is 2.38. The molecule has 0 fully saturated rings. The Labute approximate surface area is 130 Å². The van der Waals surface area contributed by atoms with Crippen molar-refractivity contribution in [1.82, 2.24) is 0 Å². The fourth-order valence-electron chi connectivity index (χ4n) is 3.07. The second-order valence-corrected chi connectivity index (χ2v) is 5.55. The molecule has 1 N–H and O–H groups in total. The number of nitrogens with one attached hydrogen (secondary N) is 1. The second-order valence-electron chi connectivity index (χ2n) is 5.55. The van der Waals surface area contributed by atoms with Gasteiger partial charge in [-0.1, -0.05) is 48.5 Å². The molecule has 22 heavy (non-hydrogen) atoms. The quantitative estimate of drug-likeness (QED) is 0.717. The van der Waals surface area contributed by atoms with Gasteiger partial charge in [-0.05, 0) is 24.3 Å². The van der Waals surface area contributed by atoms with E-state index in [0.29, 0.717) is 0 Å². The number of fused-ring (bicyclic) bond motifs is 2. The van der Waals surface area contributed by atoms with Crippen molar-refractivity contribution >= 4 is 11.4 Å². The largest absolute Gasteiger partial charge is 0.451 e. The lowest BCUT2D eigenvalue weighted by Crippen LogP contribution is -3.02. The Hall–Kier alpha value is -2.58. The predicted molar refractivity (Wildman–Crippen MR) is 88.3 cm³/mol. The smallest absolute Gasteiger partial charge is 0.188 e. The van der Waals surface area contributed by atoms with Crippen LogP contribution in [0.25, 0.3) is 0 Å². The fraction of sp³-hybridized carbons (Fsp3) is 0.100. The highest BCUT2D eigenvalue weighted by molar-refractivity contribution is 5.52. The summed E-state index contributed by atoms with van der Waals surface area (Å²) in [6.07, 6.45) is 0.995. The molecule has 1 unspecified atom stereocenters. The zero-order valence-electron chi connectivity index (χ0n) is 12.3. The Kier molecular flexibility index (Phi) is 3.37. The number of hydrogen-bond donors (Lipinski definition) is 1. The van der Waals surface area contributed by atoms with Gasteiger partial charge in [-0.25, -0.2) is 0 Å². The van der Waals surface area contributed by atoms with Crippen LogP contribution in [0, 0.1) is 0 Å². The monoisotopic (exact) mass is 288 g/mol. The molecule has 2 nitrogen and oxygen atoms in total. The first-order valence-corrected chi connectivity index (χ1v) is 7.68. The number of quaternary nitrogens is 1. The van der Waals surface area contributed by atoms with Crippen molar-refractivity contribution in [3.05, 3.63) is 84.4 Å². The van der Waals surface area contributed by atoms with Gasteiger partial charge in [-0.2, -0.15) is 0 Å². The molecule has 0 aromatic heterocycles. The van der Waals surface area contributed by atoms with Crippen LogP contribution in [0.1, 0.15) is 5.56 Å². The van der Waals surface area contributed by atoms with Crippen molar-refractivity contribution in [3.63, 3.8) is 0 Å². The minimum atomic E-state index is 0.938. The molecule has 1 atom stereocenters. The highest BCUT2D eigenvalue weighted by Gasteiger charge is 2.23. The SMILES string of the molecule is c1ccc([NH+]2CCc3ccccc3Oc3ccccc32)cc1. The average molecular weight is 288 g/mol. The summed E-state index contributed by atoms with van der Waals surface area (Å²) in [7, 11) is 0. The van der Waals surface area contributed by atoms with Gasteiger partial charge < -0.3 is 4.74 Å².